The highest BCUT2D eigenvalue weighted by molar-refractivity contribution is 7.15. The van der Waals surface area contributed by atoms with Crippen LogP contribution >= 0.6 is 11.3 Å². The van der Waals surface area contributed by atoms with Crippen molar-refractivity contribution in [2.24, 2.45) is 5.41 Å². The molecule has 3 aromatic heterocycles. The molecule has 4 nitrogen and oxygen atoms in total. The van der Waals surface area contributed by atoms with E-state index >= 15 is 0 Å². The topological polar surface area (TPSA) is 42.2 Å². The first-order valence-corrected chi connectivity index (χ1v) is 8.77. The summed E-state index contributed by atoms with van der Waals surface area (Å²) in [5.74, 6) is 1.06. The van der Waals surface area contributed by atoms with Crippen LogP contribution in [0.25, 0.3) is 16.2 Å². The Bertz CT molecular complexity index is 793. The second-order valence-corrected chi connectivity index (χ2v) is 8.72. The van der Waals surface area contributed by atoms with E-state index in [1.54, 1.807) is 11.3 Å². The van der Waals surface area contributed by atoms with Crippen molar-refractivity contribution >= 4 is 22.1 Å². The molecule has 0 atom stereocenters. The first kappa shape index (κ1) is 16.0. The van der Waals surface area contributed by atoms with Gasteiger partial charge in [-0.15, -0.1) is 11.3 Å². The van der Waals surface area contributed by atoms with Gasteiger partial charge < -0.3 is 5.32 Å². The van der Waals surface area contributed by atoms with Crippen molar-refractivity contribution < 1.29 is 0 Å². The van der Waals surface area contributed by atoms with Gasteiger partial charge in [0.05, 0.1) is 0 Å². The number of hydrogen-bond donors (Lipinski definition) is 1. The van der Waals surface area contributed by atoms with Gasteiger partial charge in [-0.1, -0.05) is 20.8 Å². The van der Waals surface area contributed by atoms with Gasteiger partial charge in [-0.3, -0.25) is 9.38 Å². The van der Waals surface area contributed by atoms with Gasteiger partial charge in [0.1, 0.15) is 11.5 Å². The Morgan fingerprint density at radius 3 is 2.48 bits per heavy atom. The maximum atomic E-state index is 4.81. The molecule has 0 bridgehead atoms. The largest absolute Gasteiger partial charge is 0.364 e. The Morgan fingerprint density at radius 2 is 1.83 bits per heavy atom. The van der Waals surface area contributed by atoms with Crippen LogP contribution in [0.4, 0.5) is 5.82 Å². The van der Waals surface area contributed by atoms with E-state index in [1.807, 2.05) is 24.5 Å². The average molecular weight is 328 g/mol. The molecule has 3 aromatic rings. The number of pyridine rings is 1. The lowest BCUT2D eigenvalue weighted by Gasteiger charge is -2.34. The van der Waals surface area contributed by atoms with Crippen molar-refractivity contribution in [2.45, 2.75) is 46.6 Å². The van der Waals surface area contributed by atoms with Crippen molar-refractivity contribution in [1.29, 1.82) is 0 Å². The molecule has 0 amide bonds. The van der Waals surface area contributed by atoms with Crippen LogP contribution in [0.15, 0.2) is 36.1 Å². The molecule has 3 rings (SSSR count). The zero-order valence-electron chi connectivity index (χ0n) is 14.4. The number of fused-ring (bicyclic) bond motifs is 1. The Morgan fingerprint density at radius 1 is 1.13 bits per heavy atom. The van der Waals surface area contributed by atoms with Crippen LogP contribution < -0.4 is 5.32 Å². The van der Waals surface area contributed by atoms with E-state index in [4.69, 9.17) is 4.98 Å². The first-order chi connectivity index (χ1) is 10.8. The Hall–Kier alpha value is -1.88. The molecule has 122 valence electrons. The molecule has 3 heterocycles. The average Bonchev–Trinajstić information content (AvgIpc) is 2.99. The SMILES string of the molecule is CC(C)(C)CC(C)(C)Nc1c(-c2ccncc2)nc2sccn12. The van der Waals surface area contributed by atoms with E-state index in [0.29, 0.717) is 0 Å². The van der Waals surface area contributed by atoms with Gasteiger partial charge in [0.2, 0.25) is 0 Å². The van der Waals surface area contributed by atoms with Crippen LogP contribution in [-0.4, -0.2) is 19.9 Å². The number of anilines is 1. The second kappa shape index (κ2) is 5.64. The van der Waals surface area contributed by atoms with E-state index in [-0.39, 0.29) is 11.0 Å². The summed E-state index contributed by atoms with van der Waals surface area (Å²) in [5, 5.41) is 5.81. The molecule has 0 fully saturated rings. The van der Waals surface area contributed by atoms with Gasteiger partial charge in [-0.05, 0) is 37.8 Å². The molecular formula is C18H24N4S. The molecule has 0 aliphatic rings. The summed E-state index contributed by atoms with van der Waals surface area (Å²) in [6.07, 6.45) is 6.76. The summed E-state index contributed by atoms with van der Waals surface area (Å²) in [4.78, 5) is 9.93. The standard InChI is InChI=1S/C18H24N4S/c1-17(2,3)12-18(4,5)21-15-14(13-6-8-19-9-7-13)20-16-22(15)10-11-23-16/h6-11,21H,12H2,1-5H3. The third-order valence-electron chi connectivity index (χ3n) is 3.64. The molecule has 0 saturated carbocycles. The van der Waals surface area contributed by atoms with Crippen LogP contribution in [-0.2, 0) is 0 Å². The first-order valence-electron chi connectivity index (χ1n) is 7.89. The number of hydrogen-bond acceptors (Lipinski definition) is 4. The fraction of sp³-hybridized carbons (Fsp3) is 0.444. The van der Waals surface area contributed by atoms with Gasteiger partial charge in [-0.25, -0.2) is 4.98 Å². The van der Waals surface area contributed by atoms with Crippen LogP contribution in [0.1, 0.15) is 41.0 Å². The predicted molar refractivity (Wildman–Crippen MR) is 98.1 cm³/mol. The zero-order chi connectivity index (χ0) is 16.7. The highest BCUT2D eigenvalue weighted by Crippen LogP contribution is 2.35. The van der Waals surface area contributed by atoms with Crippen molar-refractivity contribution in [1.82, 2.24) is 14.4 Å². The van der Waals surface area contributed by atoms with Crippen LogP contribution in [0.5, 0.6) is 0 Å². The van der Waals surface area contributed by atoms with Crippen LogP contribution in [0, 0.1) is 5.41 Å². The Labute approximate surface area is 141 Å². The lowest BCUT2D eigenvalue weighted by atomic mass is 9.82. The molecule has 0 unspecified atom stereocenters. The van der Waals surface area contributed by atoms with E-state index in [0.717, 1.165) is 28.5 Å². The van der Waals surface area contributed by atoms with Crippen molar-refractivity contribution in [2.75, 3.05) is 5.32 Å². The third kappa shape index (κ3) is 3.55. The Kier molecular flexibility index (Phi) is 3.92. The van der Waals surface area contributed by atoms with E-state index < -0.39 is 0 Å². The second-order valence-electron chi connectivity index (χ2n) is 7.85. The summed E-state index contributed by atoms with van der Waals surface area (Å²) in [6.45, 7) is 11.3. The fourth-order valence-corrected chi connectivity index (χ4v) is 4.02. The maximum Gasteiger partial charge on any atom is 0.195 e. The number of imidazole rings is 1. The molecule has 1 N–H and O–H groups in total. The number of aromatic nitrogens is 3. The molecule has 0 radical (unpaired) electrons. The van der Waals surface area contributed by atoms with E-state index in [2.05, 4.69) is 60.9 Å². The van der Waals surface area contributed by atoms with Gasteiger partial charge in [0, 0.05) is 35.1 Å². The zero-order valence-corrected chi connectivity index (χ0v) is 15.2. The monoisotopic (exact) mass is 328 g/mol. The van der Waals surface area contributed by atoms with Crippen molar-refractivity contribution in [3.05, 3.63) is 36.1 Å². The summed E-state index contributed by atoms with van der Waals surface area (Å²) < 4.78 is 2.14. The summed E-state index contributed by atoms with van der Waals surface area (Å²) in [5.41, 5.74) is 2.30. The third-order valence-corrected chi connectivity index (χ3v) is 4.40. The molecule has 0 saturated heterocycles. The summed E-state index contributed by atoms with van der Waals surface area (Å²) in [6, 6.07) is 4.02. The number of nitrogens with one attached hydrogen (secondary N) is 1. The van der Waals surface area contributed by atoms with Crippen molar-refractivity contribution in [3.8, 4) is 11.3 Å². The number of thiazole rings is 1. The predicted octanol–water partition coefficient (Wildman–Crippen LogP) is 5.08. The number of rotatable bonds is 4. The summed E-state index contributed by atoms with van der Waals surface area (Å²) in [7, 11) is 0. The van der Waals surface area contributed by atoms with E-state index in [1.165, 1.54) is 0 Å². The van der Waals surface area contributed by atoms with Crippen LogP contribution in [0.3, 0.4) is 0 Å². The van der Waals surface area contributed by atoms with Gasteiger partial charge in [0.15, 0.2) is 4.96 Å². The highest BCUT2D eigenvalue weighted by atomic mass is 32.1. The minimum atomic E-state index is -0.0298. The molecular weight excluding hydrogens is 304 g/mol. The lowest BCUT2D eigenvalue weighted by molar-refractivity contribution is 0.302. The van der Waals surface area contributed by atoms with E-state index in [9.17, 15) is 0 Å². The molecule has 0 aliphatic carbocycles. The van der Waals surface area contributed by atoms with Crippen molar-refractivity contribution in [3.63, 3.8) is 0 Å². The minimum Gasteiger partial charge on any atom is -0.364 e. The van der Waals surface area contributed by atoms with Gasteiger partial charge in [0.25, 0.3) is 0 Å². The maximum absolute atomic E-state index is 4.81. The lowest BCUT2D eigenvalue weighted by Crippen LogP contribution is -2.36. The molecule has 0 aliphatic heterocycles. The number of nitrogens with zero attached hydrogens (tertiary/aromatic N) is 3. The molecule has 23 heavy (non-hydrogen) atoms. The van der Waals surface area contributed by atoms with Gasteiger partial charge in [-0.2, -0.15) is 0 Å². The summed E-state index contributed by atoms with van der Waals surface area (Å²) >= 11 is 1.65. The molecule has 5 heteroatoms. The quantitative estimate of drug-likeness (QED) is 0.726. The smallest absolute Gasteiger partial charge is 0.195 e. The van der Waals surface area contributed by atoms with Crippen LogP contribution in [0.2, 0.25) is 0 Å². The minimum absolute atomic E-state index is 0.0298. The Balaban J connectivity index is 2.04. The highest BCUT2D eigenvalue weighted by Gasteiger charge is 2.28. The van der Waals surface area contributed by atoms with Gasteiger partial charge >= 0.3 is 0 Å². The fourth-order valence-electron chi connectivity index (χ4n) is 3.31. The molecule has 0 spiro atoms. The normalized spacial score (nSPS) is 12.7. The molecule has 0 aromatic carbocycles.